The fourth-order valence-electron chi connectivity index (χ4n) is 4.21. The first-order valence-corrected chi connectivity index (χ1v) is 11.5. The molecule has 7 heteroatoms. The number of rotatable bonds is 3. The second-order valence-electron chi connectivity index (χ2n) is 8.24. The molecule has 164 valence electrons. The molecule has 0 saturated carbocycles. The highest BCUT2D eigenvalue weighted by molar-refractivity contribution is 8.27. The van der Waals surface area contributed by atoms with Gasteiger partial charge in [0.25, 0.3) is 5.91 Å². The summed E-state index contributed by atoms with van der Waals surface area (Å²) in [6.45, 7) is 8.26. The number of hydrazone groups is 1. The number of carbonyl (C=O) groups is 1. The Morgan fingerprint density at radius 2 is 1.76 bits per heavy atom. The van der Waals surface area contributed by atoms with Crippen LogP contribution in [0.15, 0.2) is 70.3 Å². The van der Waals surface area contributed by atoms with Crippen molar-refractivity contribution in [3.8, 4) is 5.69 Å². The van der Waals surface area contributed by atoms with Gasteiger partial charge < -0.3 is 4.57 Å². The molecular formula is C26H23N5OS. The van der Waals surface area contributed by atoms with Crippen LogP contribution in [0.2, 0.25) is 0 Å². The van der Waals surface area contributed by atoms with Gasteiger partial charge in [-0.05, 0) is 68.8 Å². The summed E-state index contributed by atoms with van der Waals surface area (Å²) in [4.78, 5) is 17.1. The molecule has 1 aromatic heterocycles. The Balaban J connectivity index is 1.53. The molecule has 1 N–H and O–H groups in total. The van der Waals surface area contributed by atoms with Gasteiger partial charge in [0.05, 0.1) is 5.57 Å². The summed E-state index contributed by atoms with van der Waals surface area (Å²) in [6, 6.07) is 18.1. The largest absolute Gasteiger partial charge is 0.318 e. The van der Waals surface area contributed by atoms with E-state index < -0.39 is 5.91 Å². The number of benzene rings is 2. The van der Waals surface area contributed by atoms with Crippen molar-refractivity contribution in [1.82, 2.24) is 9.58 Å². The number of aromatic nitrogens is 1. The van der Waals surface area contributed by atoms with Crippen molar-refractivity contribution in [2.24, 2.45) is 10.1 Å². The van der Waals surface area contributed by atoms with Gasteiger partial charge in [-0.25, -0.2) is 0 Å². The number of nitrogens with one attached hydrogen (secondary N) is 1. The first-order chi connectivity index (χ1) is 15.8. The van der Waals surface area contributed by atoms with E-state index in [1.165, 1.54) is 27.9 Å². The maximum absolute atomic E-state index is 12.9. The molecule has 33 heavy (non-hydrogen) atoms. The maximum Gasteiger partial charge on any atom is 0.283 e. The number of aliphatic imine (C=N–C) groups is 1. The third-order valence-electron chi connectivity index (χ3n) is 5.84. The average molecular weight is 454 g/mol. The molecule has 2 aliphatic heterocycles. The van der Waals surface area contributed by atoms with E-state index in [1.807, 2.05) is 50.2 Å². The molecule has 1 amide bonds. The number of thioether (sulfide) groups is 1. The van der Waals surface area contributed by atoms with Crippen molar-refractivity contribution in [2.75, 3.05) is 0 Å². The zero-order valence-electron chi connectivity index (χ0n) is 18.9. The monoisotopic (exact) mass is 453 g/mol. The van der Waals surface area contributed by atoms with Crippen LogP contribution in [0.1, 0.15) is 33.6 Å². The number of carbonyl (C=O) groups excluding carboxylic acids is 1. The van der Waals surface area contributed by atoms with E-state index in [4.69, 9.17) is 5.41 Å². The highest BCUT2D eigenvalue weighted by Crippen LogP contribution is 2.32. The molecule has 0 bridgehead atoms. The predicted octanol–water partition coefficient (Wildman–Crippen LogP) is 5.38. The molecular weight excluding hydrogens is 430 g/mol. The minimum atomic E-state index is -0.417. The first-order valence-electron chi connectivity index (χ1n) is 10.7. The summed E-state index contributed by atoms with van der Waals surface area (Å²) >= 11 is 1.31. The Labute approximate surface area is 196 Å². The molecule has 0 aliphatic carbocycles. The van der Waals surface area contributed by atoms with Gasteiger partial charge in [-0.3, -0.25) is 10.2 Å². The summed E-state index contributed by atoms with van der Waals surface area (Å²) in [6.07, 6.45) is 1.76. The number of hydrogen-bond donors (Lipinski definition) is 1. The molecule has 5 rings (SSSR count). The van der Waals surface area contributed by atoms with E-state index in [0.29, 0.717) is 5.17 Å². The van der Waals surface area contributed by atoms with E-state index in [0.717, 1.165) is 33.2 Å². The fourth-order valence-corrected chi connectivity index (χ4v) is 5.10. The van der Waals surface area contributed by atoms with Crippen LogP contribution >= 0.6 is 11.8 Å². The standard InChI is InChI=1S/C26H23N5OS/c1-15-10-11-22(16(2)12-15)30-17(3)13-20(18(30)4)14-21-23(27)31-26(28-24(21)32)33-25(29-31)19-8-6-5-7-9-19/h5-14,27H,1-4H3. The summed E-state index contributed by atoms with van der Waals surface area (Å²) in [7, 11) is 0. The molecule has 2 aromatic carbocycles. The highest BCUT2D eigenvalue weighted by atomic mass is 32.2. The van der Waals surface area contributed by atoms with Gasteiger partial charge in [0, 0.05) is 22.6 Å². The Hall–Kier alpha value is -3.71. The van der Waals surface area contributed by atoms with Crippen LogP contribution < -0.4 is 0 Å². The summed E-state index contributed by atoms with van der Waals surface area (Å²) < 4.78 is 2.18. The van der Waals surface area contributed by atoms with Gasteiger partial charge >= 0.3 is 0 Å². The van der Waals surface area contributed by atoms with Gasteiger partial charge in [0.15, 0.2) is 5.84 Å². The van der Waals surface area contributed by atoms with Gasteiger partial charge in [0.1, 0.15) is 5.04 Å². The van der Waals surface area contributed by atoms with Crippen molar-refractivity contribution in [1.29, 1.82) is 5.41 Å². The Morgan fingerprint density at radius 3 is 2.48 bits per heavy atom. The molecule has 0 saturated heterocycles. The smallest absolute Gasteiger partial charge is 0.283 e. The highest BCUT2D eigenvalue weighted by Gasteiger charge is 2.36. The van der Waals surface area contributed by atoms with E-state index >= 15 is 0 Å². The molecule has 2 aliphatic rings. The molecule has 3 heterocycles. The van der Waals surface area contributed by atoms with Crippen LogP contribution in [0.5, 0.6) is 0 Å². The van der Waals surface area contributed by atoms with Gasteiger partial charge in [-0.15, -0.1) is 0 Å². The van der Waals surface area contributed by atoms with Crippen molar-refractivity contribution in [3.63, 3.8) is 0 Å². The quantitative estimate of drug-likeness (QED) is 0.541. The number of fused-ring (bicyclic) bond motifs is 1. The lowest BCUT2D eigenvalue weighted by Crippen LogP contribution is -2.35. The lowest BCUT2D eigenvalue weighted by Gasteiger charge is -2.20. The Bertz CT molecular complexity index is 1410. The molecule has 0 fully saturated rings. The summed E-state index contributed by atoms with van der Waals surface area (Å²) in [5, 5.41) is 15.8. The van der Waals surface area contributed by atoms with Crippen molar-refractivity contribution >= 4 is 39.8 Å². The SMILES string of the molecule is Cc1ccc(-n2c(C)cc(C=C3C(=N)N4N=C(c5ccccc5)SC4=NC3=O)c2C)c(C)c1. The van der Waals surface area contributed by atoms with Gasteiger partial charge in [-0.2, -0.15) is 15.1 Å². The van der Waals surface area contributed by atoms with E-state index in [1.54, 1.807) is 6.08 Å². The van der Waals surface area contributed by atoms with Crippen LogP contribution in [-0.2, 0) is 4.79 Å². The predicted molar refractivity (Wildman–Crippen MR) is 135 cm³/mol. The minimum absolute atomic E-state index is 0.0414. The number of amides is 1. The maximum atomic E-state index is 12.9. The lowest BCUT2D eigenvalue weighted by atomic mass is 10.1. The topological polar surface area (TPSA) is 73.8 Å². The van der Waals surface area contributed by atoms with Crippen LogP contribution in [-0.4, -0.2) is 31.5 Å². The summed E-state index contributed by atoms with van der Waals surface area (Å²) in [5.41, 5.74) is 7.63. The first kappa shape index (κ1) is 21.2. The second kappa shape index (κ2) is 8.01. The fraction of sp³-hybridized carbons (Fsp3) is 0.154. The number of hydrogen-bond acceptors (Lipinski definition) is 4. The van der Waals surface area contributed by atoms with Crippen LogP contribution in [0.25, 0.3) is 11.8 Å². The van der Waals surface area contributed by atoms with Crippen molar-refractivity contribution < 1.29 is 4.79 Å². The molecule has 0 radical (unpaired) electrons. The Kier molecular flexibility index (Phi) is 5.13. The molecule has 0 atom stereocenters. The number of aryl methyl sites for hydroxylation is 3. The molecule has 6 nitrogen and oxygen atoms in total. The van der Waals surface area contributed by atoms with Crippen LogP contribution in [0.4, 0.5) is 0 Å². The Morgan fingerprint density at radius 1 is 1.00 bits per heavy atom. The average Bonchev–Trinajstić information content (AvgIpc) is 3.33. The van der Waals surface area contributed by atoms with E-state index in [-0.39, 0.29) is 11.4 Å². The summed E-state index contributed by atoms with van der Waals surface area (Å²) in [5.74, 6) is -0.376. The molecule has 3 aromatic rings. The second-order valence-corrected chi connectivity index (χ2v) is 9.20. The number of nitrogens with zero attached hydrogens (tertiary/aromatic N) is 4. The molecule has 0 unspecified atom stereocenters. The van der Waals surface area contributed by atoms with Crippen molar-refractivity contribution in [3.05, 3.63) is 93.8 Å². The van der Waals surface area contributed by atoms with E-state index in [2.05, 4.69) is 46.7 Å². The zero-order chi connectivity index (χ0) is 23.3. The third kappa shape index (κ3) is 3.64. The van der Waals surface area contributed by atoms with E-state index in [9.17, 15) is 4.79 Å². The van der Waals surface area contributed by atoms with Gasteiger partial charge in [0.2, 0.25) is 5.17 Å². The van der Waals surface area contributed by atoms with Crippen LogP contribution in [0, 0.1) is 33.1 Å². The third-order valence-corrected chi connectivity index (χ3v) is 6.80. The normalized spacial score (nSPS) is 16.8. The van der Waals surface area contributed by atoms with Gasteiger partial charge in [-0.1, -0.05) is 48.0 Å². The van der Waals surface area contributed by atoms with Crippen LogP contribution in [0.3, 0.4) is 0 Å². The lowest BCUT2D eigenvalue weighted by molar-refractivity contribution is -0.114. The molecule has 0 spiro atoms. The minimum Gasteiger partial charge on any atom is -0.318 e. The number of amidine groups is 2. The zero-order valence-corrected chi connectivity index (χ0v) is 19.7. The van der Waals surface area contributed by atoms with Crippen molar-refractivity contribution in [2.45, 2.75) is 27.7 Å².